The van der Waals surface area contributed by atoms with Gasteiger partial charge < -0.3 is 10.3 Å². The largest absolute Gasteiger partial charge is 0.434 e. The lowest BCUT2D eigenvalue weighted by atomic mass is 10.1. The summed E-state index contributed by atoms with van der Waals surface area (Å²) < 4.78 is 83.1. The number of imidazole rings is 1. The number of nitrogens with one attached hydrogen (secondary N) is 2. The van der Waals surface area contributed by atoms with E-state index in [1.165, 1.54) is 41.0 Å². The zero-order valence-electron chi connectivity index (χ0n) is 17.6. The van der Waals surface area contributed by atoms with E-state index in [1.54, 1.807) is 0 Å². The first-order chi connectivity index (χ1) is 16.9. The van der Waals surface area contributed by atoms with Gasteiger partial charge in [0.05, 0.1) is 28.7 Å². The molecule has 0 bridgehead atoms. The molecule has 2 N–H and O–H groups in total. The van der Waals surface area contributed by atoms with E-state index in [2.05, 4.69) is 15.1 Å². The van der Waals surface area contributed by atoms with Crippen LogP contribution in [0.3, 0.4) is 0 Å². The molecule has 8 nitrogen and oxygen atoms in total. The van der Waals surface area contributed by atoms with Crippen molar-refractivity contribution in [3.8, 4) is 0 Å². The fourth-order valence-electron chi connectivity index (χ4n) is 3.86. The molecule has 0 aromatic carbocycles. The summed E-state index contributed by atoms with van der Waals surface area (Å²) in [4.78, 5) is 30.7. The number of halogens is 6. The Morgan fingerprint density at radius 2 is 1.86 bits per heavy atom. The predicted octanol–water partition coefficient (Wildman–Crippen LogP) is 4.43. The number of anilines is 1. The van der Waals surface area contributed by atoms with Crippen molar-refractivity contribution in [3.63, 3.8) is 0 Å². The van der Waals surface area contributed by atoms with Gasteiger partial charge in [0.25, 0.3) is 5.91 Å². The summed E-state index contributed by atoms with van der Waals surface area (Å²) in [5.41, 5.74) is -3.80. The molecule has 4 heterocycles. The number of aromatic nitrogens is 5. The van der Waals surface area contributed by atoms with Gasteiger partial charge in [-0.3, -0.25) is 14.2 Å². The second kappa shape index (κ2) is 7.96. The smallest absolute Gasteiger partial charge is 0.322 e. The average molecular weight is 506 g/mol. The molecule has 1 aliphatic rings. The first kappa shape index (κ1) is 23.1. The van der Waals surface area contributed by atoms with Crippen LogP contribution in [-0.4, -0.2) is 30.1 Å². The summed E-state index contributed by atoms with van der Waals surface area (Å²) in [6, 6.07) is 4.46. The number of rotatable bonds is 3. The fourth-order valence-corrected chi connectivity index (χ4v) is 3.86. The Bertz CT molecular complexity index is 1640. The molecule has 0 unspecified atom stereocenters. The van der Waals surface area contributed by atoms with E-state index in [9.17, 15) is 35.9 Å². The molecular weight excluding hydrogens is 494 g/mol. The van der Waals surface area contributed by atoms with Gasteiger partial charge in [0.2, 0.25) is 0 Å². The summed E-state index contributed by atoms with van der Waals surface area (Å²) in [7, 11) is 0. The predicted molar refractivity (Wildman–Crippen MR) is 115 cm³/mol. The minimum atomic E-state index is -5.08. The molecule has 0 spiro atoms. The average Bonchev–Trinajstić information content (AvgIpc) is 3.33. The highest BCUT2D eigenvalue weighted by molar-refractivity contribution is 6.05. The zero-order valence-corrected chi connectivity index (χ0v) is 17.6. The molecule has 4 aromatic heterocycles. The van der Waals surface area contributed by atoms with Crippen molar-refractivity contribution in [2.24, 2.45) is 0 Å². The van der Waals surface area contributed by atoms with Gasteiger partial charge in [0.1, 0.15) is 5.69 Å². The Morgan fingerprint density at radius 1 is 1.08 bits per heavy atom. The first-order valence-electron chi connectivity index (χ1n) is 10.1. The number of H-pyrrole nitrogens is 1. The van der Waals surface area contributed by atoms with Crippen LogP contribution in [0.2, 0.25) is 0 Å². The highest BCUT2D eigenvalue weighted by Crippen LogP contribution is 2.37. The van der Waals surface area contributed by atoms with Crippen molar-refractivity contribution in [2.45, 2.75) is 12.4 Å². The lowest BCUT2D eigenvalue weighted by Crippen LogP contribution is -2.22. The summed E-state index contributed by atoms with van der Waals surface area (Å²) in [6.07, 6.45) is -2.78. The number of allylic oxidation sites excluding steroid dienone is 2. The zero-order chi connectivity index (χ0) is 25.8. The van der Waals surface area contributed by atoms with E-state index in [-0.39, 0.29) is 11.3 Å². The van der Waals surface area contributed by atoms with E-state index in [4.69, 9.17) is 0 Å². The molecule has 0 aliphatic heterocycles. The molecule has 0 radical (unpaired) electrons. The SMILES string of the molecule is O=C(Nc1ccnc(C(F)(F)F)c1)c1cnn(C2=CC=Cc3[nH]c(=O)n4cccc2c34)c1C(F)(F)F. The number of aromatic amines is 1. The molecule has 5 rings (SSSR count). The molecule has 1 amide bonds. The van der Waals surface area contributed by atoms with Gasteiger partial charge in [-0.15, -0.1) is 0 Å². The molecule has 0 fully saturated rings. The Morgan fingerprint density at radius 3 is 2.58 bits per heavy atom. The third-order valence-electron chi connectivity index (χ3n) is 5.32. The number of carbonyl (C=O) groups excluding carboxylic acids is 1. The Kier molecular flexibility index (Phi) is 5.12. The second-order valence-corrected chi connectivity index (χ2v) is 7.59. The molecular formula is C22H12F6N6O2. The number of nitrogens with zero attached hydrogens (tertiary/aromatic N) is 4. The van der Waals surface area contributed by atoms with E-state index in [1.807, 2.05) is 5.32 Å². The normalized spacial score (nSPS) is 13.6. The Balaban J connectivity index is 1.61. The number of hydrogen-bond donors (Lipinski definition) is 2. The van der Waals surface area contributed by atoms with Crippen LogP contribution in [0.25, 0.3) is 17.3 Å². The number of alkyl halides is 6. The van der Waals surface area contributed by atoms with Crippen LogP contribution in [0.15, 0.2) is 59.8 Å². The quantitative estimate of drug-likeness (QED) is 0.402. The van der Waals surface area contributed by atoms with Gasteiger partial charge in [0, 0.05) is 23.6 Å². The number of amides is 1. The molecule has 184 valence electrons. The number of carbonyl (C=O) groups is 1. The first-order valence-corrected chi connectivity index (χ1v) is 10.1. The third kappa shape index (κ3) is 3.85. The standard InChI is InChI=1S/C22H12F6N6O2/c23-21(24,25)16-9-11(6-7-29-16)31-19(35)13-10-30-34(18(13)22(26,27)28)15-5-1-4-14-17-12(15)3-2-8-33(17)20(36)32-14/h1-10H,(H,32,36)(H,29,31,35). The maximum atomic E-state index is 14.2. The lowest BCUT2D eigenvalue weighted by Gasteiger charge is -2.16. The van der Waals surface area contributed by atoms with Crippen LogP contribution >= 0.6 is 0 Å². The van der Waals surface area contributed by atoms with Crippen molar-refractivity contribution in [3.05, 3.63) is 93.7 Å². The number of hydrogen-bond acceptors (Lipinski definition) is 4. The van der Waals surface area contributed by atoms with Gasteiger partial charge in [-0.2, -0.15) is 31.4 Å². The highest BCUT2D eigenvalue weighted by atomic mass is 19.4. The Labute approximate surface area is 196 Å². The molecule has 0 saturated carbocycles. The van der Waals surface area contributed by atoms with Crippen molar-refractivity contribution < 1.29 is 31.1 Å². The van der Waals surface area contributed by atoms with Crippen LogP contribution in [0.5, 0.6) is 0 Å². The van der Waals surface area contributed by atoms with E-state index in [0.29, 0.717) is 28.2 Å². The van der Waals surface area contributed by atoms with Gasteiger partial charge >= 0.3 is 18.0 Å². The summed E-state index contributed by atoms with van der Waals surface area (Å²) in [6.45, 7) is 0. The van der Waals surface area contributed by atoms with Crippen LogP contribution in [-0.2, 0) is 12.4 Å². The topological polar surface area (TPSA) is 97.1 Å². The highest BCUT2D eigenvalue weighted by Gasteiger charge is 2.41. The molecule has 14 heteroatoms. The maximum Gasteiger partial charge on any atom is 0.434 e. The molecule has 0 saturated heterocycles. The van der Waals surface area contributed by atoms with Crippen LogP contribution in [0.1, 0.15) is 33.0 Å². The van der Waals surface area contributed by atoms with E-state index in [0.717, 1.165) is 12.3 Å². The molecule has 4 aromatic rings. The third-order valence-corrected chi connectivity index (χ3v) is 5.32. The Hall–Kier alpha value is -4.62. The summed E-state index contributed by atoms with van der Waals surface area (Å²) >= 11 is 0. The van der Waals surface area contributed by atoms with Crippen molar-refractivity contribution in [2.75, 3.05) is 5.32 Å². The minimum Gasteiger partial charge on any atom is -0.322 e. The van der Waals surface area contributed by atoms with Crippen molar-refractivity contribution in [1.82, 2.24) is 24.1 Å². The fraction of sp³-hybridized carbons (Fsp3) is 0.0909. The summed E-state index contributed by atoms with van der Waals surface area (Å²) in [5, 5.41) is 5.81. The molecule has 0 atom stereocenters. The van der Waals surface area contributed by atoms with Gasteiger partial charge in [-0.05, 0) is 36.4 Å². The van der Waals surface area contributed by atoms with Crippen molar-refractivity contribution in [1.29, 1.82) is 0 Å². The van der Waals surface area contributed by atoms with Gasteiger partial charge in [-0.25, -0.2) is 9.48 Å². The van der Waals surface area contributed by atoms with Crippen molar-refractivity contribution >= 4 is 28.9 Å². The molecule has 36 heavy (non-hydrogen) atoms. The van der Waals surface area contributed by atoms with Crippen LogP contribution in [0.4, 0.5) is 32.0 Å². The van der Waals surface area contributed by atoms with Gasteiger partial charge in [0.15, 0.2) is 5.69 Å². The summed E-state index contributed by atoms with van der Waals surface area (Å²) in [5.74, 6) is -1.32. The second-order valence-electron chi connectivity index (χ2n) is 7.59. The van der Waals surface area contributed by atoms with Crippen LogP contribution < -0.4 is 11.0 Å². The van der Waals surface area contributed by atoms with E-state index < -0.39 is 46.6 Å². The lowest BCUT2D eigenvalue weighted by molar-refractivity contribution is -0.143. The maximum absolute atomic E-state index is 14.2. The molecule has 1 aliphatic carbocycles. The van der Waals surface area contributed by atoms with E-state index >= 15 is 0 Å². The van der Waals surface area contributed by atoms with Gasteiger partial charge in [-0.1, -0.05) is 6.08 Å². The number of pyridine rings is 2. The van der Waals surface area contributed by atoms with Crippen LogP contribution in [0, 0.1) is 0 Å². The monoisotopic (exact) mass is 506 g/mol. The minimum absolute atomic E-state index is 0.0863.